The monoisotopic (exact) mass is 394 g/mol. The Morgan fingerprint density at radius 3 is 2.52 bits per heavy atom. The molecule has 29 heavy (non-hydrogen) atoms. The first kappa shape index (κ1) is 18.9. The van der Waals surface area contributed by atoms with Crippen molar-refractivity contribution in [3.63, 3.8) is 0 Å². The molecule has 0 unspecified atom stereocenters. The van der Waals surface area contributed by atoms with Crippen LogP contribution in [0.5, 0.6) is 0 Å². The number of rotatable bonds is 5. The van der Waals surface area contributed by atoms with E-state index in [1.165, 1.54) is 0 Å². The fraction of sp³-hybridized carbons (Fsp3) is 0.300. The maximum Gasteiger partial charge on any atom is 0.253 e. The number of aryl methyl sites for hydroxylation is 1. The molecule has 0 spiro atoms. The highest BCUT2D eigenvalue weighted by molar-refractivity contribution is 5.94. The standard InChI is InChI=1S/C20H22N6O3/c1-15-13-18(23-29-15)22-19(27)14-24-9-11-25(12-10-24)20(28)16-3-5-17(6-4-16)26-8-2-7-21-26/h2-8,13H,9-12,14H2,1H3,(H,22,23,27). The van der Waals surface area contributed by atoms with E-state index < -0.39 is 0 Å². The summed E-state index contributed by atoms with van der Waals surface area (Å²) in [5.74, 6) is 0.913. The maximum atomic E-state index is 12.8. The highest BCUT2D eigenvalue weighted by atomic mass is 16.5. The minimum atomic E-state index is -0.146. The van der Waals surface area contributed by atoms with Crippen LogP contribution in [0.15, 0.2) is 53.3 Å². The number of hydrogen-bond donors (Lipinski definition) is 1. The van der Waals surface area contributed by atoms with E-state index in [9.17, 15) is 9.59 Å². The summed E-state index contributed by atoms with van der Waals surface area (Å²) in [4.78, 5) is 28.7. The average Bonchev–Trinajstić information content (AvgIpc) is 3.40. The molecule has 3 heterocycles. The van der Waals surface area contributed by atoms with Gasteiger partial charge in [-0.25, -0.2) is 4.68 Å². The molecule has 0 saturated carbocycles. The third-order valence-corrected chi connectivity index (χ3v) is 4.81. The summed E-state index contributed by atoms with van der Waals surface area (Å²) in [5, 5.41) is 10.7. The van der Waals surface area contributed by atoms with Crippen LogP contribution in [0.2, 0.25) is 0 Å². The molecule has 4 rings (SSSR count). The Hall–Kier alpha value is -3.46. The van der Waals surface area contributed by atoms with E-state index >= 15 is 0 Å². The van der Waals surface area contributed by atoms with Crippen LogP contribution < -0.4 is 5.32 Å². The van der Waals surface area contributed by atoms with Crippen molar-refractivity contribution < 1.29 is 14.1 Å². The molecule has 0 atom stereocenters. The zero-order valence-corrected chi connectivity index (χ0v) is 16.1. The molecular formula is C20H22N6O3. The van der Waals surface area contributed by atoms with Gasteiger partial charge in [0.25, 0.3) is 5.91 Å². The molecule has 0 radical (unpaired) electrons. The molecule has 1 N–H and O–H groups in total. The molecule has 2 amide bonds. The summed E-state index contributed by atoms with van der Waals surface area (Å²) in [6.45, 7) is 4.47. The molecule has 0 bridgehead atoms. The van der Waals surface area contributed by atoms with Gasteiger partial charge >= 0.3 is 0 Å². The summed E-state index contributed by atoms with van der Waals surface area (Å²) in [7, 11) is 0. The number of hydrogen-bond acceptors (Lipinski definition) is 6. The van der Waals surface area contributed by atoms with E-state index in [4.69, 9.17) is 4.52 Å². The van der Waals surface area contributed by atoms with Crippen LogP contribution in [0.1, 0.15) is 16.1 Å². The molecule has 0 aliphatic carbocycles. The van der Waals surface area contributed by atoms with Crippen molar-refractivity contribution in [1.82, 2.24) is 24.7 Å². The first-order chi connectivity index (χ1) is 14.1. The van der Waals surface area contributed by atoms with Gasteiger partial charge in [-0.05, 0) is 37.3 Å². The largest absolute Gasteiger partial charge is 0.360 e. The average molecular weight is 394 g/mol. The van der Waals surface area contributed by atoms with Crippen LogP contribution in [0.3, 0.4) is 0 Å². The third-order valence-electron chi connectivity index (χ3n) is 4.81. The minimum Gasteiger partial charge on any atom is -0.360 e. The number of anilines is 1. The Bertz CT molecular complexity index is 972. The first-order valence-electron chi connectivity index (χ1n) is 9.43. The Kier molecular flexibility index (Phi) is 5.39. The van der Waals surface area contributed by atoms with Gasteiger partial charge < -0.3 is 14.7 Å². The van der Waals surface area contributed by atoms with Crippen molar-refractivity contribution in [2.75, 3.05) is 38.0 Å². The van der Waals surface area contributed by atoms with Crippen LogP contribution in [0.25, 0.3) is 5.69 Å². The highest BCUT2D eigenvalue weighted by Crippen LogP contribution is 2.13. The Morgan fingerprint density at radius 1 is 1.14 bits per heavy atom. The number of aromatic nitrogens is 3. The van der Waals surface area contributed by atoms with Crippen LogP contribution in [0, 0.1) is 6.92 Å². The Labute approximate surface area is 167 Å². The van der Waals surface area contributed by atoms with Crippen molar-refractivity contribution in [2.24, 2.45) is 0 Å². The first-order valence-corrected chi connectivity index (χ1v) is 9.43. The van der Waals surface area contributed by atoms with Crippen molar-refractivity contribution >= 4 is 17.6 Å². The number of amides is 2. The van der Waals surface area contributed by atoms with Crippen molar-refractivity contribution in [2.45, 2.75) is 6.92 Å². The SMILES string of the molecule is Cc1cc(NC(=O)CN2CCN(C(=O)c3ccc(-n4cccn4)cc3)CC2)no1. The molecule has 9 heteroatoms. The van der Waals surface area contributed by atoms with Crippen LogP contribution in [-0.2, 0) is 4.79 Å². The molecule has 1 saturated heterocycles. The third kappa shape index (κ3) is 4.52. The van der Waals surface area contributed by atoms with Crippen molar-refractivity contribution in [3.8, 4) is 5.69 Å². The lowest BCUT2D eigenvalue weighted by molar-refractivity contribution is -0.117. The topological polar surface area (TPSA) is 96.5 Å². The van der Waals surface area contributed by atoms with E-state index in [0.717, 1.165) is 5.69 Å². The van der Waals surface area contributed by atoms with Crippen LogP contribution in [0.4, 0.5) is 5.82 Å². The van der Waals surface area contributed by atoms with E-state index in [1.807, 2.05) is 46.3 Å². The fourth-order valence-corrected chi connectivity index (χ4v) is 3.28. The van der Waals surface area contributed by atoms with Gasteiger partial charge in [0.2, 0.25) is 5.91 Å². The molecular weight excluding hydrogens is 372 g/mol. The molecule has 1 fully saturated rings. The fourth-order valence-electron chi connectivity index (χ4n) is 3.28. The van der Waals surface area contributed by atoms with Gasteiger partial charge in [0.1, 0.15) is 5.76 Å². The molecule has 9 nitrogen and oxygen atoms in total. The van der Waals surface area contributed by atoms with E-state index in [-0.39, 0.29) is 18.4 Å². The summed E-state index contributed by atoms with van der Waals surface area (Å²) >= 11 is 0. The molecule has 3 aromatic rings. The van der Waals surface area contributed by atoms with E-state index in [2.05, 4.69) is 15.6 Å². The second kappa shape index (κ2) is 8.27. The Morgan fingerprint density at radius 2 is 1.90 bits per heavy atom. The molecule has 1 aliphatic rings. The van der Waals surface area contributed by atoms with Crippen LogP contribution in [-0.4, -0.2) is 69.3 Å². The number of nitrogens with one attached hydrogen (secondary N) is 1. The van der Waals surface area contributed by atoms with Gasteiger partial charge in [-0.3, -0.25) is 14.5 Å². The van der Waals surface area contributed by atoms with Crippen molar-refractivity contribution in [3.05, 3.63) is 60.1 Å². The number of piperazine rings is 1. The predicted molar refractivity (Wildman–Crippen MR) is 106 cm³/mol. The normalized spacial score (nSPS) is 14.7. The van der Waals surface area contributed by atoms with Crippen LogP contribution >= 0.6 is 0 Å². The zero-order chi connectivity index (χ0) is 20.2. The van der Waals surface area contributed by atoms with Gasteiger partial charge in [0.05, 0.1) is 12.2 Å². The minimum absolute atomic E-state index is 0.000751. The lowest BCUT2D eigenvalue weighted by Gasteiger charge is -2.34. The maximum absolute atomic E-state index is 12.8. The van der Waals surface area contributed by atoms with Gasteiger partial charge in [-0.1, -0.05) is 5.16 Å². The quantitative estimate of drug-likeness (QED) is 0.706. The van der Waals surface area contributed by atoms with Crippen molar-refractivity contribution in [1.29, 1.82) is 0 Å². The summed E-state index contributed by atoms with van der Waals surface area (Å²) in [6, 6.07) is 10.9. The predicted octanol–water partition coefficient (Wildman–Crippen LogP) is 1.57. The summed E-state index contributed by atoms with van der Waals surface area (Å²) < 4.78 is 6.69. The second-order valence-corrected chi connectivity index (χ2v) is 6.94. The number of carbonyl (C=O) groups excluding carboxylic acids is 2. The lowest BCUT2D eigenvalue weighted by Crippen LogP contribution is -2.50. The highest BCUT2D eigenvalue weighted by Gasteiger charge is 2.23. The van der Waals surface area contributed by atoms with Gasteiger partial charge in [-0.15, -0.1) is 0 Å². The smallest absolute Gasteiger partial charge is 0.253 e. The van der Waals surface area contributed by atoms with Gasteiger partial charge in [-0.2, -0.15) is 5.10 Å². The summed E-state index contributed by atoms with van der Waals surface area (Å²) in [6.07, 6.45) is 3.57. The number of carbonyl (C=O) groups is 2. The molecule has 1 aromatic carbocycles. The second-order valence-electron chi connectivity index (χ2n) is 6.94. The van der Waals surface area contributed by atoms with Gasteiger partial charge in [0, 0.05) is 50.2 Å². The number of benzene rings is 1. The van der Waals surface area contributed by atoms with E-state index in [1.54, 1.807) is 23.9 Å². The number of nitrogens with zero attached hydrogens (tertiary/aromatic N) is 5. The summed E-state index contributed by atoms with van der Waals surface area (Å²) in [5.41, 5.74) is 1.55. The lowest BCUT2D eigenvalue weighted by atomic mass is 10.1. The molecule has 2 aromatic heterocycles. The molecule has 150 valence electrons. The Balaban J connectivity index is 1.27. The van der Waals surface area contributed by atoms with E-state index in [0.29, 0.717) is 43.3 Å². The molecule has 1 aliphatic heterocycles. The zero-order valence-electron chi connectivity index (χ0n) is 16.1. The van der Waals surface area contributed by atoms with Gasteiger partial charge in [0.15, 0.2) is 5.82 Å².